The van der Waals surface area contributed by atoms with Gasteiger partial charge in [-0.3, -0.25) is 4.90 Å². The molecule has 0 spiro atoms. The topological polar surface area (TPSA) is 38.5 Å². The number of hydrogen-bond donors (Lipinski definition) is 1. The van der Waals surface area contributed by atoms with E-state index in [0.29, 0.717) is 0 Å². The number of anilines is 1. The first-order chi connectivity index (χ1) is 8.76. The minimum absolute atomic E-state index is 0.802. The van der Waals surface area contributed by atoms with E-state index in [1.165, 1.54) is 37.8 Å². The van der Waals surface area contributed by atoms with Crippen LogP contribution < -0.4 is 10.5 Å². The van der Waals surface area contributed by atoms with Gasteiger partial charge in [0.1, 0.15) is 5.75 Å². The zero-order valence-corrected chi connectivity index (χ0v) is 11.1. The molecule has 0 amide bonds. The summed E-state index contributed by atoms with van der Waals surface area (Å²) in [4.78, 5) is 2.61. The van der Waals surface area contributed by atoms with E-state index in [0.717, 1.165) is 29.9 Å². The second kappa shape index (κ2) is 4.81. The molecule has 2 fully saturated rings. The molecule has 2 saturated carbocycles. The van der Waals surface area contributed by atoms with Gasteiger partial charge in [0.05, 0.1) is 7.11 Å². The maximum absolute atomic E-state index is 6.08. The molecular weight excluding hydrogens is 224 g/mol. The highest BCUT2D eigenvalue weighted by Crippen LogP contribution is 2.36. The van der Waals surface area contributed by atoms with E-state index in [9.17, 15) is 0 Å². The maximum atomic E-state index is 6.08. The van der Waals surface area contributed by atoms with Crippen LogP contribution in [0.3, 0.4) is 0 Å². The number of nitrogens with zero attached hydrogens (tertiary/aromatic N) is 1. The zero-order chi connectivity index (χ0) is 12.5. The molecule has 1 aromatic carbocycles. The van der Waals surface area contributed by atoms with Crippen LogP contribution in [-0.4, -0.2) is 24.6 Å². The largest absolute Gasteiger partial charge is 0.497 e. The lowest BCUT2D eigenvalue weighted by molar-refractivity contribution is 0.244. The number of benzene rings is 1. The fourth-order valence-corrected chi connectivity index (χ4v) is 2.48. The number of rotatable bonds is 6. The molecule has 2 aliphatic carbocycles. The van der Waals surface area contributed by atoms with Crippen molar-refractivity contribution < 1.29 is 4.74 Å². The van der Waals surface area contributed by atoms with Crippen LogP contribution in [0.1, 0.15) is 31.2 Å². The molecule has 3 nitrogen and oxygen atoms in total. The summed E-state index contributed by atoms with van der Waals surface area (Å²) in [6.07, 6.45) is 5.54. The Labute approximate surface area is 109 Å². The van der Waals surface area contributed by atoms with Gasteiger partial charge >= 0.3 is 0 Å². The summed E-state index contributed by atoms with van der Waals surface area (Å²) >= 11 is 0. The molecule has 3 heteroatoms. The normalized spacial score (nSPS) is 19.2. The van der Waals surface area contributed by atoms with Gasteiger partial charge in [-0.1, -0.05) is 0 Å². The van der Waals surface area contributed by atoms with Crippen molar-refractivity contribution in [3.05, 3.63) is 23.8 Å². The highest BCUT2D eigenvalue weighted by atomic mass is 16.5. The monoisotopic (exact) mass is 246 g/mol. The Balaban J connectivity index is 1.71. The molecule has 2 N–H and O–H groups in total. The predicted molar refractivity (Wildman–Crippen MR) is 73.6 cm³/mol. The van der Waals surface area contributed by atoms with Gasteiger partial charge in [-0.05, 0) is 55.4 Å². The Morgan fingerprint density at radius 3 is 2.67 bits per heavy atom. The Bertz CT molecular complexity index is 425. The fraction of sp³-hybridized carbons (Fsp3) is 0.600. The molecule has 0 aliphatic heterocycles. The Morgan fingerprint density at radius 2 is 2.06 bits per heavy atom. The maximum Gasteiger partial charge on any atom is 0.119 e. The van der Waals surface area contributed by atoms with Gasteiger partial charge < -0.3 is 10.5 Å². The van der Waals surface area contributed by atoms with Crippen molar-refractivity contribution in [3.8, 4) is 5.75 Å². The first-order valence-electron chi connectivity index (χ1n) is 6.92. The third kappa shape index (κ3) is 2.78. The number of nitrogens with two attached hydrogens (primary N) is 1. The summed E-state index contributed by atoms with van der Waals surface area (Å²) in [7, 11) is 1.71. The van der Waals surface area contributed by atoms with Gasteiger partial charge in [-0.15, -0.1) is 0 Å². The summed E-state index contributed by atoms with van der Waals surface area (Å²) in [6, 6.07) is 6.77. The van der Waals surface area contributed by atoms with Crippen molar-refractivity contribution in [3.63, 3.8) is 0 Å². The number of hydrogen-bond acceptors (Lipinski definition) is 3. The van der Waals surface area contributed by atoms with Crippen LogP contribution in [0, 0.1) is 5.92 Å². The second-order valence-electron chi connectivity index (χ2n) is 5.67. The molecular formula is C15H22N2O. The molecule has 0 atom stereocenters. The van der Waals surface area contributed by atoms with Crippen LogP contribution in [0.25, 0.3) is 0 Å². The fourth-order valence-electron chi connectivity index (χ4n) is 2.48. The van der Waals surface area contributed by atoms with Gasteiger partial charge in [0.2, 0.25) is 0 Å². The van der Waals surface area contributed by atoms with Gasteiger partial charge in [0.25, 0.3) is 0 Å². The van der Waals surface area contributed by atoms with Crippen molar-refractivity contribution in [2.75, 3.05) is 19.4 Å². The number of methoxy groups -OCH3 is 1. The first-order valence-corrected chi connectivity index (χ1v) is 6.92. The van der Waals surface area contributed by atoms with E-state index in [-0.39, 0.29) is 0 Å². The Hall–Kier alpha value is -1.22. The second-order valence-corrected chi connectivity index (χ2v) is 5.67. The van der Waals surface area contributed by atoms with Crippen molar-refractivity contribution in [2.24, 2.45) is 5.92 Å². The SMILES string of the molecule is COc1ccc(N)c(CN(CC2CC2)C2CC2)c1. The Kier molecular flexibility index (Phi) is 3.16. The van der Waals surface area contributed by atoms with Crippen LogP contribution >= 0.6 is 0 Å². The molecule has 0 aromatic heterocycles. The standard InChI is InChI=1S/C15H22N2O/c1-18-14-6-7-15(16)12(8-14)10-17(13-4-5-13)9-11-2-3-11/h6-8,11,13H,2-5,9-10,16H2,1H3. The van der Waals surface area contributed by atoms with Crippen LogP contribution in [-0.2, 0) is 6.54 Å². The molecule has 18 heavy (non-hydrogen) atoms. The molecule has 98 valence electrons. The summed E-state index contributed by atoms with van der Waals surface area (Å²) in [5.41, 5.74) is 8.17. The van der Waals surface area contributed by atoms with Crippen molar-refractivity contribution in [2.45, 2.75) is 38.3 Å². The first kappa shape index (κ1) is 11.8. The predicted octanol–water partition coefficient (Wildman–Crippen LogP) is 2.65. The highest BCUT2D eigenvalue weighted by Gasteiger charge is 2.33. The van der Waals surface area contributed by atoms with E-state index in [1.807, 2.05) is 12.1 Å². The smallest absolute Gasteiger partial charge is 0.119 e. The van der Waals surface area contributed by atoms with Crippen LogP contribution in [0.4, 0.5) is 5.69 Å². The summed E-state index contributed by atoms with van der Waals surface area (Å²) in [5, 5.41) is 0. The summed E-state index contributed by atoms with van der Waals surface area (Å²) < 4.78 is 5.29. The van der Waals surface area contributed by atoms with Crippen molar-refractivity contribution in [1.29, 1.82) is 0 Å². The van der Waals surface area contributed by atoms with Crippen molar-refractivity contribution in [1.82, 2.24) is 4.90 Å². The van der Waals surface area contributed by atoms with E-state index < -0.39 is 0 Å². The molecule has 0 saturated heterocycles. The lowest BCUT2D eigenvalue weighted by atomic mass is 10.1. The molecule has 0 heterocycles. The molecule has 0 unspecified atom stereocenters. The Morgan fingerprint density at radius 1 is 1.28 bits per heavy atom. The van der Waals surface area contributed by atoms with E-state index in [2.05, 4.69) is 11.0 Å². The number of ether oxygens (including phenoxy) is 1. The van der Waals surface area contributed by atoms with E-state index in [4.69, 9.17) is 10.5 Å². The van der Waals surface area contributed by atoms with Crippen LogP contribution in [0.2, 0.25) is 0 Å². The lowest BCUT2D eigenvalue weighted by Crippen LogP contribution is -2.28. The van der Waals surface area contributed by atoms with Crippen molar-refractivity contribution >= 4 is 5.69 Å². The summed E-state index contributed by atoms with van der Waals surface area (Å²) in [6.45, 7) is 2.23. The summed E-state index contributed by atoms with van der Waals surface area (Å²) in [5.74, 6) is 1.85. The lowest BCUT2D eigenvalue weighted by Gasteiger charge is -2.23. The van der Waals surface area contributed by atoms with E-state index >= 15 is 0 Å². The molecule has 0 radical (unpaired) electrons. The zero-order valence-electron chi connectivity index (χ0n) is 11.1. The average Bonchev–Trinajstić information content (AvgIpc) is 3.24. The molecule has 0 bridgehead atoms. The number of nitrogen functional groups attached to an aromatic ring is 1. The third-order valence-corrected chi connectivity index (χ3v) is 3.98. The average molecular weight is 246 g/mol. The molecule has 2 aliphatic rings. The van der Waals surface area contributed by atoms with Crippen LogP contribution in [0.15, 0.2) is 18.2 Å². The van der Waals surface area contributed by atoms with Gasteiger partial charge in [-0.25, -0.2) is 0 Å². The quantitative estimate of drug-likeness (QED) is 0.784. The minimum atomic E-state index is 0.802. The van der Waals surface area contributed by atoms with Gasteiger partial charge in [0.15, 0.2) is 0 Å². The molecule has 1 aromatic rings. The van der Waals surface area contributed by atoms with Gasteiger partial charge in [0, 0.05) is 24.8 Å². The van der Waals surface area contributed by atoms with Crippen LogP contribution in [0.5, 0.6) is 5.75 Å². The van der Waals surface area contributed by atoms with E-state index in [1.54, 1.807) is 7.11 Å². The minimum Gasteiger partial charge on any atom is -0.497 e. The third-order valence-electron chi connectivity index (χ3n) is 3.98. The van der Waals surface area contributed by atoms with Gasteiger partial charge in [-0.2, -0.15) is 0 Å². The highest BCUT2D eigenvalue weighted by molar-refractivity contribution is 5.50. The molecule has 3 rings (SSSR count).